The van der Waals surface area contributed by atoms with E-state index in [1.807, 2.05) is 20.2 Å². The third-order valence-electron chi connectivity index (χ3n) is 2.22. The van der Waals surface area contributed by atoms with E-state index in [9.17, 15) is 4.39 Å². The Balaban J connectivity index is 2.54. The van der Waals surface area contributed by atoms with Crippen LogP contribution in [0, 0.1) is 17.1 Å². The molecule has 0 fully saturated rings. The average molecular weight is 221 g/mol. The highest BCUT2D eigenvalue weighted by Gasteiger charge is 2.06. The van der Waals surface area contributed by atoms with E-state index in [0.29, 0.717) is 5.69 Å². The Bertz CT molecular complexity index is 382. The van der Waals surface area contributed by atoms with Gasteiger partial charge in [-0.1, -0.05) is 6.07 Å². The Hall–Kier alpha value is -1.60. The first-order valence-corrected chi connectivity index (χ1v) is 5.22. The molecule has 1 aromatic carbocycles. The zero-order valence-electron chi connectivity index (χ0n) is 9.63. The summed E-state index contributed by atoms with van der Waals surface area (Å²) in [5.41, 5.74) is 0.661. The molecule has 4 heteroatoms. The number of nitrogens with one attached hydrogen (secondary N) is 1. The third kappa shape index (κ3) is 3.52. The van der Waals surface area contributed by atoms with Gasteiger partial charge in [-0.3, -0.25) is 0 Å². The van der Waals surface area contributed by atoms with Crippen LogP contribution in [0.1, 0.15) is 12.0 Å². The van der Waals surface area contributed by atoms with Gasteiger partial charge in [0.1, 0.15) is 17.4 Å². The zero-order chi connectivity index (χ0) is 12.0. The van der Waals surface area contributed by atoms with Crippen LogP contribution in [0.15, 0.2) is 18.2 Å². The van der Waals surface area contributed by atoms with E-state index >= 15 is 0 Å². The molecule has 0 atom stereocenters. The quantitative estimate of drug-likeness (QED) is 0.773. The van der Waals surface area contributed by atoms with Crippen molar-refractivity contribution >= 4 is 5.69 Å². The standard InChI is InChI=1S/C12H16FN3/c1-16(2)8-4-7-15-12-6-3-5-11(13)10(12)9-14/h3,5-6,15H,4,7-8H2,1-2H3. The van der Waals surface area contributed by atoms with Gasteiger partial charge >= 0.3 is 0 Å². The fraction of sp³-hybridized carbons (Fsp3) is 0.417. The second kappa shape index (κ2) is 6.09. The van der Waals surface area contributed by atoms with Gasteiger partial charge in [0.05, 0.1) is 5.69 Å². The minimum Gasteiger partial charge on any atom is -0.384 e. The van der Waals surface area contributed by atoms with Crippen molar-refractivity contribution < 1.29 is 4.39 Å². The van der Waals surface area contributed by atoms with Crippen molar-refractivity contribution in [2.45, 2.75) is 6.42 Å². The molecule has 0 saturated heterocycles. The number of rotatable bonds is 5. The fourth-order valence-corrected chi connectivity index (χ4v) is 1.40. The molecule has 1 N–H and O–H groups in total. The summed E-state index contributed by atoms with van der Waals surface area (Å²) in [6.07, 6.45) is 0.953. The van der Waals surface area contributed by atoms with E-state index in [4.69, 9.17) is 5.26 Å². The van der Waals surface area contributed by atoms with Crippen molar-refractivity contribution in [1.82, 2.24) is 4.90 Å². The lowest BCUT2D eigenvalue weighted by Gasteiger charge is -2.11. The van der Waals surface area contributed by atoms with Crippen molar-refractivity contribution in [3.8, 4) is 6.07 Å². The second-order valence-corrected chi connectivity index (χ2v) is 3.86. The molecular formula is C12H16FN3. The Morgan fingerprint density at radius 2 is 2.19 bits per heavy atom. The highest BCUT2D eigenvalue weighted by Crippen LogP contribution is 2.17. The molecule has 86 valence electrons. The Morgan fingerprint density at radius 1 is 1.44 bits per heavy atom. The fourth-order valence-electron chi connectivity index (χ4n) is 1.40. The summed E-state index contributed by atoms with van der Waals surface area (Å²) in [5, 5.41) is 11.9. The van der Waals surface area contributed by atoms with E-state index in [-0.39, 0.29) is 5.56 Å². The van der Waals surface area contributed by atoms with Crippen molar-refractivity contribution in [3.63, 3.8) is 0 Å². The minimum absolute atomic E-state index is 0.0901. The summed E-state index contributed by atoms with van der Waals surface area (Å²) in [6.45, 7) is 1.69. The molecule has 0 aliphatic carbocycles. The molecule has 3 nitrogen and oxygen atoms in total. The maximum absolute atomic E-state index is 13.2. The Kier molecular flexibility index (Phi) is 4.74. The summed E-state index contributed by atoms with van der Waals surface area (Å²) >= 11 is 0. The van der Waals surface area contributed by atoms with Gasteiger partial charge < -0.3 is 10.2 Å². The summed E-state index contributed by atoms with van der Waals surface area (Å²) in [7, 11) is 4.01. The van der Waals surface area contributed by atoms with Crippen LogP contribution in [-0.2, 0) is 0 Å². The van der Waals surface area contributed by atoms with Crippen LogP contribution in [-0.4, -0.2) is 32.1 Å². The van der Waals surface area contributed by atoms with Crippen molar-refractivity contribution in [3.05, 3.63) is 29.6 Å². The second-order valence-electron chi connectivity index (χ2n) is 3.86. The highest BCUT2D eigenvalue weighted by atomic mass is 19.1. The van der Waals surface area contributed by atoms with E-state index in [2.05, 4.69) is 10.2 Å². The monoisotopic (exact) mass is 221 g/mol. The molecule has 0 radical (unpaired) electrons. The van der Waals surface area contributed by atoms with Crippen molar-refractivity contribution in [1.29, 1.82) is 5.26 Å². The summed E-state index contributed by atoms with van der Waals surface area (Å²) in [4.78, 5) is 2.08. The number of nitriles is 1. The lowest BCUT2D eigenvalue weighted by molar-refractivity contribution is 0.405. The topological polar surface area (TPSA) is 39.1 Å². The average Bonchev–Trinajstić information content (AvgIpc) is 2.24. The lowest BCUT2D eigenvalue weighted by Crippen LogP contribution is -2.16. The molecule has 0 bridgehead atoms. The predicted molar refractivity (Wildman–Crippen MR) is 62.8 cm³/mol. The zero-order valence-corrected chi connectivity index (χ0v) is 9.63. The molecule has 0 unspecified atom stereocenters. The molecule has 0 aliphatic rings. The van der Waals surface area contributed by atoms with Crippen LogP contribution in [0.2, 0.25) is 0 Å². The van der Waals surface area contributed by atoms with Gasteiger partial charge in [-0.15, -0.1) is 0 Å². The van der Waals surface area contributed by atoms with Crippen molar-refractivity contribution in [2.75, 3.05) is 32.5 Å². The van der Waals surface area contributed by atoms with Gasteiger partial charge in [-0.05, 0) is 39.2 Å². The van der Waals surface area contributed by atoms with Crippen LogP contribution in [0.25, 0.3) is 0 Å². The van der Waals surface area contributed by atoms with Gasteiger partial charge in [0.15, 0.2) is 0 Å². The lowest BCUT2D eigenvalue weighted by atomic mass is 10.2. The van der Waals surface area contributed by atoms with Gasteiger partial charge in [0.25, 0.3) is 0 Å². The van der Waals surface area contributed by atoms with Crippen LogP contribution < -0.4 is 5.32 Å². The molecular weight excluding hydrogens is 205 g/mol. The number of hydrogen-bond acceptors (Lipinski definition) is 3. The van der Waals surface area contributed by atoms with Crippen LogP contribution in [0.5, 0.6) is 0 Å². The maximum Gasteiger partial charge on any atom is 0.143 e. The first kappa shape index (κ1) is 12.5. The maximum atomic E-state index is 13.2. The Labute approximate surface area is 95.5 Å². The number of anilines is 1. The number of benzene rings is 1. The Morgan fingerprint density at radius 3 is 2.81 bits per heavy atom. The molecule has 0 amide bonds. The van der Waals surface area contributed by atoms with Crippen LogP contribution in [0.3, 0.4) is 0 Å². The van der Waals surface area contributed by atoms with Gasteiger partial charge in [-0.25, -0.2) is 4.39 Å². The molecule has 16 heavy (non-hydrogen) atoms. The van der Waals surface area contributed by atoms with Gasteiger partial charge in [0.2, 0.25) is 0 Å². The number of nitrogens with zero attached hydrogens (tertiary/aromatic N) is 2. The van der Waals surface area contributed by atoms with Gasteiger partial charge in [0, 0.05) is 6.54 Å². The van der Waals surface area contributed by atoms with Crippen molar-refractivity contribution in [2.24, 2.45) is 0 Å². The first-order chi connectivity index (χ1) is 7.65. The van der Waals surface area contributed by atoms with Crippen LogP contribution in [0.4, 0.5) is 10.1 Å². The smallest absolute Gasteiger partial charge is 0.143 e. The molecule has 0 spiro atoms. The SMILES string of the molecule is CN(C)CCCNc1cccc(F)c1C#N. The molecule has 1 rings (SSSR count). The molecule has 0 aliphatic heterocycles. The largest absolute Gasteiger partial charge is 0.384 e. The minimum atomic E-state index is -0.472. The van der Waals surface area contributed by atoms with E-state index in [0.717, 1.165) is 19.5 Å². The molecule has 1 aromatic rings. The van der Waals surface area contributed by atoms with E-state index in [1.165, 1.54) is 6.07 Å². The van der Waals surface area contributed by atoms with E-state index < -0.39 is 5.82 Å². The molecule has 0 heterocycles. The normalized spacial score (nSPS) is 10.2. The summed E-state index contributed by atoms with van der Waals surface area (Å²) < 4.78 is 13.2. The number of halogens is 1. The summed E-state index contributed by atoms with van der Waals surface area (Å²) in [5.74, 6) is -0.472. The van der Waals surface area contributed by atoms with Crippen LogP contribution >= 0.6 is 0 Å². The predicted octanol–water partition coefficient (Wildman–Crippen LogP) is 2.06. The molecule has 0 aromatic heterocycles. The molecule has 0 saturated carbocycles. The first-order valence-electron chi connectivity index (χ1n) is 5.22. The van der Waals surface area contributed by atoms with Gasteiger partial charge in [-0.2, -0.15) is 5.26 Å². The third-order valence-corrected chi connectivity index (χ3v) is 2.22. The van der Waals surface area contributed by atoms with E-state index in [1.54, 1.807) is 12.1 Å². The number of hydrogen-bond donors (Lipinski definition) is 1. The summed E-state index contributed by atoms with van der Waals surface area (Å²) in [6, 6.07) is 6.48. The highest BCUT2D eigenvalue weighted by molar-refractivity contribution is 5.57.